The second kappa shape index (κ2) is 17.3. The molecule has 344 valence electrons. The lowest BCUT2D eigenvalue weighted by molar-refractivity contribution is -0.0275. The Morgan fingerprint density at radius 1 is 0.938 bits per heavy atom. The van der Waals surface area contributed by atoms with Gasteiger partial charge in [-0.1, -0.05) is 30.3 Å². The van der Waals surface area contributed by atoms with Crippen molar-refractivity contribution in [2.24, 2.45) is 13.0 Å². The van der Waals surface area contributed by atoms with Gasteiger partial charge in [-0.2, -0.15) is 0 Å². The average molecular weight is 915 g/mol. The summed E-state index contributed by atoms with van der Waals surface area (Å²) >= 11 is 0. The van der Waals surface area contributed by atoms with E-state index in [1.165, 1.54) is 13.2 Å². The number of amides is 1. The summed E-state index contributed by atoms with van der Waals surface area (Å²) in [4.78, 5) is 56.1. The standard InChI is InChI=1S/C47H53F2N6O9P/c1-46(2,3)63-65(59,64-47(4,5)6)62-26-61-45(58)54(9)36-19-34(48)40(49)38-30(36)18-35-39(38)41(55-16-15-28-22-52(7)24-37(28)55)32(21-50-35)29-17-31-42(56)33(23-53(8)43(31)51-20-29)44(57)60-25-27-13-11-10-12-14-27/h10-14,17,19-21,23,28,37H,15-16,18,22,24-26H2,1-9H3/t28-,37+/m1/s1. The van der Waals surface area contributed by atoms with Crippen molar-refractivity contribution in [3.05, 3.63) is 105 Å². The van der Waals surface area contributed by atoms with Gasteiger partial charge in [-0.3, -0.25) is 23.7 Å². The molecule has 0 saturated carbocycles. The molecule has 15 nitrogen and oxygen atoms in total. The van der Waals surface area contributed by atoms with Crippen LogP contribution in [0.15, 0.2) is 65.8 Å². The van der Waals surface area contributed by atoms with Crippen LogP contribution in [0, 0.1) is 17.6 Å². The highest BCUT2D eigenvalue weighted by molar-refractivity contribution is 7.48. The Labute approximate surface area is 375 Å². The lowest BCUT2D eigenvalue weighted by atomic mass is 9.96. The maximum absolute atomic E-state index is 16.6. The molecule has 0 bridgehead atoms. The van der Waals surface area contributed by atoms with Gasteiger partial charge in [0.25, 0.3) is 0 Å². The molecule has 8 rings (SSSR count). The third-order valence-electron chi connectivity index (χ3n) is 11.6. The van der Waals surface area contributed by atoms with E-state index in [0.29, 0.717) is 51.7 Å². The summed E-state index contributed by atoms with van der Waals surface area (Å²) in [5.74, 6) is -2.80. The van der Waals surface area contributed by atoms with Gasteiger partial charge in [0.15, 0.2) is 11.6 Å². The predicted octanol–water partition coefficient (Wildman–Crippen LogP) is 8.63. The third kappa shape index (κ3) is 9.30. The monoisotopic (exact) mass is 914 g/mol. The van der Waals surface area contributed by atoms with Gasteiger partial charge in [-0.05, 0) is 78.1 Å². The van der Waals surface area contributed by atoms with Crippen LogP contribution >= 0.6 is 7.82 Å². The Morgan fingerprint density at radius 2 is 1.65 bits per heavy atom. The number of rotatable bonds is 11. The van der Waals surface area contributed by atoms with E-state index in [2.05, 4.69) is 14.8 Å². The zero-order chi connectivity index (χ0) is 46.7. The number of ether oxygens (including phenoxy) is 2. The number of phosphoric ester groups is 1. The maximum atomic E-state index is 16.6. The lowest BCUT2D eigenvalue weighted by Gasteiger charge is -2.31. The highest BCUT2D eigenvalue weighted by Crippen LogP contribution is 2.56. The minimum Gasteiger partial charge on any atom is -0.457 e. The van der Waals surface area contributed by atoms with Crippen LogP contribution < -0.4 is 15.2 Å². The van der Waals surface area contributed by atoms with Crippen LogP contribution in [-0.2, 0) is 47.7 Å². The van der Waals surface area contributed by atoms with E-state index in [1.807, 2.05) is 37.4 Å². The van der Waals surface area contributed by atoms with Gasteiger partial charge in [0, 0.05) is 93.1 Å². The van der Waals surface area contributed by atoms with Crippen LogP contribution in [0.1, 0.15) is 75.1 Å². The van der Waals surface area contributed by atoms with Crippen molar-refractivity contribution >= 4 is 42.3 Å². The number of pyridine rings is 3. The van der Waals surface area contributed by atoms with Crippen molar-refractivity contribution < 1.29 is 46.0 Å². The van der Waals surface area contributed by atoms with Crippen molar-refractivity contribution in [1.29, 1.82) is 0 Å². The van der Waals surface area contributed by atoms with E-state index in [0.717, 1.165) is 36.0 Å². The number of hydrogen-bond acceptors (Lipinski definition) is 13. The van der Waals surface area contributed by atoms with Gasteiger partial charge < -0.3 is 23.8 Å². The summed E-state index contributed by atoms with van der Waals surface area (Å²) < 4.78 is 75.3. The van der Waals surface area contributed by atoms with Gasteiger partial charge in [0.1, 0.15) is 17.8 Å². The van der Waals surface area contributed by atoms with Crippen molar-refractivity contribution in [1.82, 2.24) is 19.4 Å². The molecular formula is C47H53F2N6O9P. The van der Waals surface area contributed by atoms with Crippen LogP contribution in [0.4, 0.5) is 25.0 Å². The molecule has 1 amide bonds. The fourth-order valence-electron chi connectivity index (χ4n) is 8.99. The topological polar surface area (TPSA) is 155 Å². The van der Waals surface area contributed by atoms with Crippen molar-refractivity contribution in [3.63, 3.8) is 0 Å². The van der Waals surface area contributed by atoms with Gasteiger partial charge in [-0.15, -0.1) is 0 Å². The Morgan fingerprint density at radius 3 is 2.34 bits per heavy atom. The molecular weight excluding hydrogens is 862 g/mol. The summed E-state index contributed by atoms with van der Waals surface area (Å²) in [5.41, 5.74) is 1.13. The van der Waals surface area contributed by atoms with E-state index in [1.54, 1.807) is 71.6 Å². The molecule has 2 saturated heterocycles. The van der Waals surface area contributed by atoms with Crippen molar-refractivity contribution in [2.75, 3.05) is 50.3 Å². The number of halogens is 2. The maximum Gasteiger partial charge on any atom is 0.478 e. The molecule has 18 heteroatoms. The SMILES string of the molecule is CN1C[C@H]2CCN(c3c(-c4cnc5c(c4)c(=O)c(C(=O)OCc4ccccc4)cn5C)cnc4c3-c3c(F)c(F)cc(N(C)C(=O)OCOP(=O)(OC(C)(C)C)OC(C)(C)C)c3C4)[C@H]2C1. The predicted molar refractivity (Wildman–Crippen MR) is 241 cm³/mol. The highest BCUT2D eigenvalue weighted by Gasteiger charge is 2.44. The number of aromatic nitrogens is 3. The first-order valence-electron chi connectivity index (χ1n) is 21.4. The number of benzene rings is 2. The highest BCUT2D eigenvalue weighted by atomic mass is 31.2. The second-order valence-corrected chi connectivity index (χ2v) is 20.3. The minimum absolute atomic E-state index is 0.0222. The summed E-state index contributed by atoms with van der Waals surface area (Å²) in [6, 6.07) is 11.7. The average Bonchev–Trinajstić information content (AvgIpc) is 3.93. The molecule has 2 atom stereocenters. The van der Waals surface area contributed by atoms with Gasteiger partial charge in [-0.25, -0.2) is 32.4 Å². The molecule has 0 N–H and O–H groups in total. The third-order valence-corrected chi connectivity index (χ3v) is 13.6. The largest absolute Gasteiger partial charge is 0.478 e. The summed E-state index contributed by atoms with van der Waals surface area (Å²) in [6.45, 7) is 11.3. The van der Waals surface area contributed by atoms with Gasteiger partial charge >= 0.3 is 19.9 Å². The van der Waals surface area contributed by atoms with Crippen LogP contribution in [0.3, 0.4) is 0 Å². The number of phosphoric acid groups is 1. The molecule has 1 aliphatic carbocycles. The Hall–Kier alpha value is -5.58. The number of likely N-dealkylation sites (tertiary alicyclic amines) is 1. The lowest BCUT2D eigenvalue weighted by Crippen LogP contribution is -2.35. The van der Waals surface area contributed by atoms with Crippen LogP contribution in [-0.4, -0.2) is 89.3 Å². The number of carbonyl (C=O) groups is 2. The number of likely N-dealkylation sites (N-methyl/N-ethyl adjacent to an activating group) is 1. The number of nitrogens with zero attached hydrogens (tertiary/aromatic N) is 6. The zero-order valence-electron chi connectivity index (χ0n) is 37.9. The molecule has 3 aliphatic rings. The van der Waals surface area contributed by atoms with Crippen molar-refractivity contribution in [2.45, 2.75) is 78.2 Å². The van der Waals surface area contributed by atoms with Gasteiger partial charge in [0.2, 0.25) is 12.2 Å². The molecule has 5 heterocycles. The van der Waals surface area contributed by atoms with E-state index < -0.39 is 54.9 Å². The smallest absolute Gasteiger partial charge is 0.457 e. The molecule has 0 unspecified atom stereocenters. The second-order valence-electron chi connectivity index (χ2n) is 18.8. The minimum atomic E-state index is -4.25. The molecule has 65 heavy (non-hydrogen) atoms. The van der Waals surface area contributed by atoms with E-state index >= 15 is 8.78 Å². The molecule has 2 fully saturated rings. The van der Waals surface area contributed by atoms with Crippen LogP contribution in [0.25, 0.3) is 33.3 Å². The molecule has 2 aliphatic heterocycles. The van der Waals surface area contributed by atoms with Crippen LogP contribution in [0.5, 0.6) is 0 Å². The summed E-state index contributed by atoms with van der Waals surface area (Å²) in [5, 5.41) is 0.154. The number of carbonyl (C=O) groups excluding carboxylic acids is 2. The quantitative estimate of drug-likeness (QED) is 0.0693. The molecule has 0 spiro atoms. The fraction of sp³-hybridized carbons (Fsp3) is 0.426. The molecule has 5 aromatic rings. The van der Waals surface area contributed by atoms with Crippen molar-refractivity contribution in [3.8, 4) is 22.3 Å². The first-order valence-corrected chi connectivity index (χ1v) is 22.8. The number of aryl methyl sites for hydroxylation is 1. The first kappa shape index (κ1) is 46.0. The van der Waals surface area contributed by atoms with E-state index in [4.69, 9.17) is 28.0 Å². The number of anilines is 2. The number of esters is 1. The Kier molecular flexibility index (Phi) is 12.3. The number of fused-ring (bicyclic) bond motifs is 5. The van der Waals surface area contributed by atoms with Gasteiger partial charge in [0.05, 0.1) is 33.7 Å². The summed E-state index contributed by atoms with van der Waals surface area (Å²) in [7, 11) is 0.823. The molecule has 2 aromatic carbocycles. The van der Waals surface area contributed by atoms with Crippen LogP contribution in [0.2, 0.25) is 0 Å². The normalized spacial score (nSPS) is 17.3. The van der Waals surface area contributed by atoms with E-state index in [-0.39, 0.29) is 41.3 Å². The zero-order valence-corrected chi connectivity index (χ0v) is 38.8. The number of hydrogen-bond donors (Lipinski definition) is 0. The first-order chi connectivity index (χ1) is 30.6. The Balaban J connectivity index is 1.18. The van der Waals surface area contributed by atoms with E-state index in [9.17, 15) is 18.9 Å². The Bertz CT molecular complexity index is 2790. The fourth-order valence-corrected chi connectivity index (χ4v) is 10.7. The molecule has 0 radical (unpaired) electrons. The molecule has 3 aromatic heterocycles. The summed E-state index contributed by atoms with van der Waals surface area (Å²) in [6.07, 6.45) is 4.54.